The number of carbonyl (C=O) groups is 2. The number of imidazole rings is 1. The molecule has 0 bridgehead atoms. The summed E-state index contributed by atoms with van der Waals surface area (Å²) in [7, 11) is 0. The van der Waals surface area contributed by atoms with E-state index in [4.69, 9.17) is 0 Å². The van der Waals surface area contributed by atoms with E-state index in [9.17, 15) is 19.7 Å². The molecule has 2 aromatic heterocycles. The molecule has 0 aliphatic carbocycles. The lowest BCUT2D eigenvalue weighted by molar-refractivity contribution is -0.383. The van der Waals surface area contributed by atoms with Gasteiger partial charge in [0.05, 0.1) is 11.3 Å². The van der Waals surface area contributed by atoms with E-state index in [0.29, 0.717) is 22.6 Å². The predicted molar refractivity (Wildman–Crippen MR) is 114 cm³/mol. The molecule has 0 fully saturated rings. The maximum atomic E-state index is 12.6. The Morgan fingerprint density at radius 1 is 1.10 bits per heavy atom. The van der Waals surface area contributed by atoms with Gasteiger partial charge in [0, 0.05) is 47.7 Å². The number of carbonyl (C=O) groups excluding carboxylic acids is 2. The molecule has 4 rings (SSSR count). The van der Waals surface area contributed by atoms with E-state index in [2.05, 4.69) is 15.3 Å². The summed E-state index contributed by atoms with van der Waals surface area (Å²) in [5.41, 5.74) is 1.48. The van der Waals surface area contributed by atoms with Gasteiger partial charge in [-0.15, -0.1) is 0 Å². The zero-order valence-electron chi connectivity index (χ0n) is 16.2. The van der Waals surface area contributed by atoms with Gasteiger partial charge in [0.1, 0.15) is 11.5 Å². The number of anilines is 1. The van der Waals surface area contributed by atoms with Crippen LogP contribution in [0.15, 0.2) is 79.4 Å². The van der Waals surface area contributed by atoms with Crippen molar-refractivity contribution < 1.29 is 14.5 Å². The van der Waals surface area contributed by atoms with Crippen molar-refractivity contribution >= 4 is 23.1 Å². The molecule has 0 atom stereocenters. The maximum absolute atomic E-state index is 12.6. The average molecular weight is 415 g/mol. The standard InChI is InChI=1S/C22H17N5O4/c28-20(15-4-3-5-16(12-15)22-23-8-9-24-22)14-21(29)25-18-13-17(26-10-1-2-11-26)6-7-19(18)27(30)31/h1-13H,14H2,(H,23,24)(H,25,29). The Balaban J connectivity index is 1.52. The van der Waals surface area contributed by atoms with Gasteiger partial charge in [-0.3, -0.25) is 19.7 Å². The molecule has 2 heterocycles. The lowest BCUT2D eigenvalue weighted by Crippen LogP contribution is -2.17. The van der Waals surface area contributed by atoms with Gasteiger partial charge in [-0.2, -0.15) is 0 Å². The maximum Gasteiger partial charge on any atom is 0.292 e. The van der Waals surface area contributed by atoms with Gasteiger partial charge in [0.2, 0.25) is 5.91 Å². The summed E-state index contributed by atoms with van der Waals surface area (Å²) < 4.78 is 1.75. The van der Waals surface area contributed by atoms with Crippen LogP contribution in [0.4, 0.5) is 11.4 Å². The first-order chi connectivity index (χ1) is 15.0. The highest BCUT2D eigenvalue weighted by molar-refractivity contribution is 6.11. The number of nitrogens with zero attached hydrogens (tertiary/aromatic N) is 3. The number of ketones is 1. The summed E-state index contributed by atoms with van der Waals surface area (Å²) in [6, 6.07) is 14.8. The van der Waals surface area contributed by atoms with Crippen LogP contribution in [-0.2, 0) is 4.79 Å². The molecule has 0 aliphatic heterocycles. The smallest absolute Gasteiger partial charge is 0.292 e. The number of amides is 1. The summed E-state index contributed by atoms with van der Waals surface area (Å²) in [6.07, 6.45) is 6.38. The first kappa shape index (κ1) is 19.8. The molecule has 154 valence electrons. The number of Topliss-reactive ketones (excluding diaryl/α,β-unsaturated/α-hetero) is 1. The van der Waals surface area contributed by atoms with Gasteiger partial charge in [0.15, 0.2) is 5.78 Å². The topological polar surface area (TPSA) is 123 Å². The van der Waals surface area contributed by atoms with Crippen LogP contribution in [0, 0.1) is 10.1 Å². The number of H-pyrrole nitrogens is 1. The number of aromatic nitrogens is 3. The number of nitro groups is 1. The second-order valence-electron chi connectivity index (χ2n) is 6.72. The number of hydrogen-bond acceptors (Lipinski definition) is 5. The third kappa shape index (κ3) is 4.40. The molecular weight excluding hydrogens is 398 g/mol. The van der Waals surface area contributed by atoms with Crippen molar-refractivity contribution in [2.75, 3.05) is 5.32 Å². The van der Waals surface area contributed by atoms with Crippen LogP contribution in [0.5, 0.6) is 0 Å². The molecule has 0 spiro atoms. The first-order valence-corrected chi connectivity index (χ1v) is 9.36. The van der Waals surface area contributed by atoms with Gasteiger partial charge in [-0.25, -0.2) is 4.98 Å². The Kier molecular flexibility index (Phi) is 5.39. The van der Waals surface area contributed by atoms with Crippen LogP contribution in [0.25, 0.3) is 17.1 Å². The molecule has 0 saturated carbocycles. The van der Waals surface area contributed by atoms with E-state index in [1.54, 1.807) is 59.7 Å². The molecule has 0 aliphatic rings. The highest BCUT2D eigenvalue weighted by atomic mass is 16.6. The largest absolute Gasteiger partial charge is 0.345 e. The molecule has 31 heavy (non-hydrogen) atoms. The fourth-order valence-corrected chi connectivity index (χ4v) is 3.16. The van der Waals surface area contributed by atoms with E-state index < -0.39 is 23.0 Å². The van der Waals surface area contributed by atoms with Crippen LogP contribution >= 0.6 is 0 Å². The summed E-state index contributed by atoms with van der Waals surface area (Å²) in [6.45, 7) is 0. The molecular formula is C22H17N5O4. The van der Waals surface area contributed by atoms with Gasteiger partial charge < -0.3 is 14.9 Å². The van der Waals surface area contributed by atoms with Crippen LogP contribution in [0.2, 0.25) is 0 Å². The van der Waals surface area contributed by atoms with E-state index in [0.717, 1.165) is 0 Å². The molecule has 0 radical (unpaired) electrons. The van der Waals surface area contributed by atoms with Gasteiger partial charge in [-0.05, 0) is 30.3 Å². The Morgan fingerprint density at radius 2 is 1.90 bits per heavy atom. The Labute approximate surface area is 176 Å². The Morgan fingerprint density at radius 3 is 2.61 bits per heavy atom. The SMILES string of the molecule is O=C(CC(=O)c1cccc(-c2ncc[nH]2)c1)Nc1cc(-n2cccc2)ccc1[N+](=O)[O-]. The molecule has 2 aromatic carbocycles. The van der Waals surface area contributed by atoms with Crippen molar-refractivity contribution in [2.45, 2.75) is 6.42 Å². The summed E-state index contributed by atoms with van der Waals surface area (Å²) in [4.78, 5) is 43.0. The lowest BCUT2D eigenvalue weighted by Gasteiger charge is -2.09. The van der Waals surface area contributed by atoms with Gasteiger partial charge >= 0.3 is 0 Å². The highest BCUT2D eigenvalue weighted by Crippen LogP contribution is 2.27. The average Bonchev–Trinajstić information content (AvgIpc) is 3.48. The Hall–Kier alpha value is -4.53. The summed E-state index contributed by atoms with van der Waals surface area (Å²) in [5, 5.41) is 13.9. The quantitative estimate of drug-likeness (QED) is 0.204. The number of benzene rings is 2. The molecule has 0 saturated heterocycles. The second-order valence-corrected chi connectivity index (χ2v) is 6.72. The summed E-state index contributed by atoms with van der Waals surface area (Å²) >= 11 is 0. The molecule has 0 unspecified atom stereocenters. The first-order valence-electron chi connectivity index (χ1n) is 9.36. The minimum Gasteiger partial charge on any atom is -0.345 e. The van der Waals surface area contributed by atoms with E-state index in [1.807, 2.05) is 12.1 Å². The van der Waals surface area contributed by atoms with Gasteiger partial charge in [-0.1, -0.05) is 18.2 Å². The number of rotatable bonds is 7. The van der Waals surface area contributed by atoms with Gasteiger partial charge in [0.25, 0.3) is 5.69 Å². The van der Waals surface area contributed by atoms with Crippen molar-refractivity contribution in [1.29, 1.82) is 0 Å². The summed E-state index contributed by atoms with van der Waals surface area (Å²) in [5.74, 6) is -0.437. The monoisotopic (exact) mass is 415 g/mol. The normalized spacial score (nSPS) is 10.6. The zero-order valence-corrected chi connectivity index (χ0v) is 16.2. The molecule has 9 heteroatoms. The minimum absolute atomic E-state index is 0.0262. The Bertz CT molecular complexity index is 1250. The second kappa shape index (κ2) is 8.46. The van der Waals surface area contributed by atoms with E-state index in [1.165, 1.54) is 12.1 Å². The van der Waals surface area contributed by atoms with Crippen molar-refractivity contribution in [2.24, 2.45) is 0 Å². The van der Waals surface area contributed by atoms with E-state index >= 15 is 0 Å². The third-order valence-corrected chi connectivity index (χ3v) is 4.63. The fraction of sp³-hybridized carbons (Fsp3) is 0.0455. The van der Waals surface area contributed by atoms with Crippen molar-refractivity contribution in [1.82, 2.24) is 14.5 Å². The van der Waals surface area contributed by atoms with Crippen molar-refractivity contribution in [3.8, 4) is 17.1 Å². The zero-order chi connectivity index (χ0) is 21.8. The highest BCUT2D eigenvalue weighted by Gasteiger charge is 2.19. The van der Waals surface area contributed by atoms with Crippen LogP contribution in [-0.4, -0.2) is 31.1 Å². The number of nitrogens with one attached hydrogen (secondary N) is 2. The molecule has 4 aromatic rings. The fourth-order valence-electron chi connectivity index (χ4n) is 3.16. The molecule has 1 amide bonds. The van der Waals surface area contributed by atoms with Crippen molar-refractivity contribution in [3.63, 3.8) is 0 Å². The van der Waals surface area contributed by atoms with Crippen LogP contribution in [0.1, 0.15) is 16.8 Å². The molecule has 9 nitrogen and oxygen atoms in total. The number of aromatic amines is 1. The minimum atomic E-state index is -0.638. The van der Waals surface area contributed by atoms with E-state index in [-0.39, 0.29) is 11.4 Å². The lowest BCUT2D eigenvalue weighted by atomic mass is 10.0. The predicted octanol–water partition coefficient (Wildman–Crippen LogP) is 3.99. The van der Waals surface area contributed by atoms with Crippen LogP contribution < -0.4 is 5.32 Å². The van der Waals surface area contributed by atoms with Crippen molar-refractivity contribution in [3.05, 3.63) is 95.1 Å². The van der Waals surface area contributed by atoms with Crippen LogP contribution in [0.3, 0.4) is 0 Å². The third-order valence-electron chi connectivity index (χ3n) is 4.63. The number of nitro benzene ring substituents is 1. The number of hydrogen-bond donors (Lipinski definition) is 2. The molecule has 2 N–H and O–H groups in total.